The first-order valence-corrected chi connectivity index (χ1v) is 8.30. The second-order valence-electron chi connectivity index (χ2n) is 4.67. The van der Waals surface area contributed by atoms with Crippen LogP contribution >= 0.6 is 23.5 Å². The molecule has 2 unspecified atom stereocenters. The van der Waals surface area contributed by atoms with Crippen molar-refractivity contribution in [3.63, 3.8) is 0 Å². The van der Waals surface area contributed by atoms with Crippen LogP contribution in [-0.2, 0) is 6.42 Å². The number of rotatable bonds is 3. The molecular weight excluding hydrogens is 248 g/mol. The van der Waals surface area contributed by atoms with Gasteiger partial charge < -0.3 is 5.11 Å². The maximum Gasteiger partial charge on any atom is 0.0707 e. The zero-order valence-corrected chi connectivity index (χ0v) is 12.1. The highest BCUT2D eigenvalue weighted by Crippen LogP contribution is 2.28. The fraction of sp³-hybridized carbons (Fsp3) is 0.571. The van der Waals surface area contributed by atoms with Gasteiger partial charge >= 0.3 is 0 Å². The van der Waals surface area contributed by atoms with Crippen molar-refractivity contribution in [1.82, 2.24) is 0 Å². The van der Waals surface area contributed by atoms with Crippen molar-refractivity contribution in [1.29, 1.82) is 0 Å². The standard InChI is InChI=1S/C14H20OS2/c1-10-3-4-12(7-11(10)2)8-13(15)14-9-16-5-6-17-14/h3-4,7,13-15H,5-6,8-9H2,1-2H3. The van der Waals surface area contributed by atoms with Gasteiger partial charge in [0, 0.05) is 22.5 Å². The predicted octanol–water partition coefficient (Wildman–Crippen LogP) is 3.06. The van der Waals surface area contributed by atoms with Crippen LogP contribution in [0.15, 0.2) is 18.2 Å². The lowest BCUT2D eigenvalue weighted by Gasteiger charge is -2.26. The van der Waals surface area contributed by atoms with E-state index < -0.39 is 0 Å². The lowest BCUT2D eigenvalue weighted by molar-refractivity contribution is 0.177. The van der Waals surface area contributed by atoms with Gasteiger partial charge in [0.05, 0.1) is 6.10 Å². The monoisotopic (exact) mass is 268 g/mol. The normalized spacial score (nSPS) is 22.4. The Hall–Kier alpha value is -0.120. The van der Waals surface area contributed by atoms with Gasteiger partial charge in [0.2, 0.25) is 0 Å². The van der Waals surface area contributed by atoms with E-state index in [1.165, 1.54) is 28.2 Å². The maximum absolute atomic E-state index is 10.3. The summed E-state index contributed by atoms with van der Waals surface area (Å²) in [7, 11) is 0. The summed E-state index contributed by atoms with van der Waals surface area (Å²) in [6.45, 7) is 4.26. The van der Waals surface area contributed by atoms with Crippen molar-refractivity contribution in [3.05, 3.63) is 34.9 Å². The van der Waals surface area contributed by atoms with Crippen LogP contribution in [0.25, 0.3) is 0 Å². The third-order valence-electron chi connectivity index (χ3n) is 3.29. The fourth-order valence-corrected chi connectivity index (χ4v) is 4.80. The highest BCUT2D eigenvalue weighted by Gasteiger charge is 2.22. The SMILES string of the molecule is Cc1ccc(CC(O)C2CSCCS2)cc1C. The molecule has 1 N–H and O–H groups in total. The van der Waals surface area contributed by atoms with Gasteiger partial charge in [-0.3, -0.25) is 0 Å². The second kappa shape index (κ2) is 6.17. The zero-order valence-electron chi connectivity index (χ0n) is 10.5. The molecule has 2 rings (SSSR count). The number of aliphatic hydroxyl groups is 1. The van der Waals surface area contributed by atoms with E-state index in [4.69, 9.17) is 0 Å². The Kier molecular flexibility index (Phi) is 4.83. The molecule has 0 aliphatic carbocycles. The molecule has 1 saturated heterocycles. The molecule has 1 nitrogen and oxygen atoms in total. The van der Waals surface area contributed by atoms with Crippen molar-refractivity contribution in [2.75, 3.05) is 17.3 Å². The first kappa shape index (κ1) is 13.3. The Bertz CT molecular complexity index is 372. The number of benzene rings is 1. The first-order valence-electron chi connectivity index (χ1n) is 6.10. The molecule has 0 saturated carbocycles. The molecule has 0 radical (unpaired) electrons. The van der Waals surface area contributed by atoms with Gasteiger partial charge in [0.15, 0.2) is 0 Å². The van der Waals surface area contributed by atoms with Crippen LogP contribution in [0.5, 0.6) is 0 Å². The molecule has 1 aliphatic heterocycles. The van der Waals surface area contributed by atoms with Crippen LogP contribution in [0, 0.1) is 13.8 Å². The van der Waals surface area contributed by atoms with Crippen LogP contribution in [0.3, 0.4) is 0 Å². The van der Waals surface area contributed by atoms with Crippen molar-refractivity contribution in [3.8, 4) is 0 Å². The molecule has 17 heavy (non-hydrogen) atoms. The van der Waals surface area contributed by atoms with Crippen LogP contribution in [0.4, 0.5) is 0 Å². The largest absolute Gasteiger partial charge is 0.392 e. The van der Waals surface area contributed by atoms with Gasteiger partial charge in [0.25, 0.3) is 0 Å². The van der Waals surface area contributed by atoms with Gasteiger partial charge in [-0.2, -0.15) is 23.5 Å². The van der Waals surface area contributed by atoms with Crippen LogP contribution in [0.2, 0.25) is 0 Å². The summed E-state index contributed by atoms with van der Waals surface area (Å²) >= 11 is 3.89. The molecule has 1 aliphatic rings. The quantitative estimate of drug-likeness (QED) is 0.910. The Morgan fingerprint density at radius 1 is 1.29 bits per heavy atom. The number of hydrogen-bond donors (Lipinski definition) is 1. The summed E-state index contributed by atoms with van der Waals surface area (Å²) in [6.07, 6.45) is 0.592. The number of aliphatic hydroxyl groups excluding tert-OH is 1. The Morgan fingerprint density at radius 3 is 2.76 bits per heavy atom. The lowest BCUT2D eigenvalue weighted by Crippen LogP contribution is -2.30. The van der Waals surface area contributed by atoms with E-state index in [1.54, 1.807) is 0 Å². The molecule has 3 heteroatoms. The van der Waals surface area contributed by atoms with E-state index in [0.717, 1.165) is 12.2 Å². The molecule has 0 bridgehead atoms. The first-order chi connectivity index (χ1) is 8.16. The van der Waals surface area contributed by atoms with Crippen molar-refractivity contribution in [2.24, 2.45) is 0 Å². The van der Waals surface area contributed by atoms with E-state index in [1.807, 2.05) is 23.5 Å². The Morgan fingerprint density at radius 2 is 2.12 bits per heavy atom. The number of hydrogen-bond acceptors (Lipinski definition) is 3. The molecule has 94 valence electrons. The van der Waals surface area contributed by atoms with Gasteiger partial charge in [-0.15, -0.1) is 0 Å². The molecule has 0 spiro atoms. The topological polar surface area (TPSA) is 20.2 Å². The van der Waals surface area contributed by atoms with Crippen LogP contribution in [0.1, 0.15) is 16.7 Å². The van der Waals surface area contributed by atoms with E-state index in [-0.39, 0.29) is 6.10 Å². The third kappa shape index (κ3) is 3.67. The molecule has 1 aromatic rings. The molecule has 0 amide bonds. The maximum atomic E-state index is 10.3. The average molecular weight is 268 g/mol. The smallest absolute Gasteiger partial charge is 0.0707 e. The van der Waals surface area contributed by atoms with E-state index in [0.29, 0.717) is 5.25 Å². The average Bonchev–Trinajstić information content (AvgIpc) is 2.35. The zero-order chi connectivity index (χ0) is 12.3. The Labute approximate surface area is 112 Å². The van der Waals surface area contributed by atoms with E-state index >= 15 is 0 Å². The summed E-state index contributed by atoms with van der Waals surface area (Å²) in [5, 5.41) is 10.7. The van der Waals surface area contributed by atoms with Gasteiger partial charge in [-0.1, -0.05) is 18.2 Å². The van der Waals surface area contributed by atoms with Crippen LogP contribution in [-0.4, -0.2) is 33.7 Å². The van der Waals surface area contributed by atoms with E-state index in [2.05, 4.69) is 32.0 Å². The molecule has 1 heterocycles. The summed E-state index contributed by atoms with van der Waals surface area (Å²) in [6, 6.07) is 6.51. The van der Waals surface area contributed by atoms with Gasteiger partial charge in [0.1, 0.15) is 0 Å². The minimum absolute atomic E-state index is 0.199. The van der Waals surface area contributed by atoms with E-state index in [9.17, 15) is 5.11 Å². The predicted molar refractivity (Wildman–Crippen MR) is 79.2 cm³/mol. The summed E-state index contributed by atoms with van der Waals surface area (Å²) in [5.41, 5.74) is 3.91. The number of thioether (sulfide) groups is 2. The summed E-state index contributed by atoms with van der Waals surface area (Å²) in [4.78, 5) is 0. The highest BCUT2D eigenvalue weighted by atomic mass is 32.2. The number of aryl methyl sites for hydroxylation is 2. The molecule has 2 atom stereocenters. The summed E-state index contributed by atoms with van der Waals surface area (Å²) < 4.78 is 0. The van der Waals surface area contributed by atoms with Crippen LogP contribution < -0.4 is 0 Å². The molecule has 1 aromatic carbocycles. The lowest BCUT2D eigenvalue weighted by atomic mass is 10.0. The minimum atomic E-state index is -0.199. The van der Waals surface area contributed by atoms with Gasteiger partial charge in [-0.05, 0) is 37.0 Å². The fourth-order valence-electron chi connectivity index (χ4n) is 2.03. The summed E-state index contributed by atoms with van der Waals surface area (Å²) in [5.74, 6) is 3.51. The van der Waals surface area contributed by atoms with Crippen molar-refractivity contribution < 1.29 is 5.11 Å². The third-order valence-corrected chi connectivity index (χ3v) is 6.19. The minimum Gasteiger partial charge on any atom is -0.392 e. The molecule has 1 fully saturated rings. The van der Waals surface area contributed by atoms with Crippen molar-refractivity contribution >= 4 is 23.5 Å². The van der Waals surface area contributed by atoms with Gasteiger partial charge in [-0.25, -0.2) is 0 Å². The second-order valence-corrected chi connectivity index (χ2v) is 7.17. The molecular formula is C14H20OS2. The highest BCUT2D eigenvalue weighted by molar-refractivity contribution is 8.06. The van der Waals surface area contributed by atoms with Crippen molar-refractivity contribution in [2.45, 2.75) is 31.6 Å². The molecule has 0 aromatic heterocycles. The Balaban J connectivity index is 1.96.